The van der Waals surface area contributed by atoms with Gasteiger partial charge in [-0.2, -0.15) is 5.10 Å². The predicted molar refractivity (Wildman–Crippen MR) is 68.1 cm³/mol. The zero-order valence-corrected chi connectivity index (χ0v) is 11.1. The molecular formula is C13H24N2O2. The third-order valence-corrected chi connectivity index (χ3v) is 2.76. The molecule has 0 aromatic carbocycles. The second-order valence-electron chi connectivity index (χ2n) is 4.29. The summed E-state index contributed by atoms with van der Waals surface area (Å²) >= 11 is 0. The summed E-state index contributed by atoms with van der Waals surface area (Å²) in [6, 6.07) is 2.05. The van der Waals surface area contributed by atoms with Gasteiger partial charge < -0.3 is 9.84 Å². The molecule has 0 aliphatic carbocycles. The van der Waals surface area contributed by atoms with Crippen LogP contribution < -0.4 is 0 Å². The molecule has 0 spiro atoms. The van der Waals surface area contributed by atoms with Gasteiger partial charge in [0.2, 0.25) is 0 Å². The number of ether oxygens (including phenoxy) is 1. The van der Waals surface area contributed by atoms with Gasteiger partial charge in [-0.25, -0.2) is 0 Å². The number of hydrogen-bond acceptors (Lipinski definition) is 3. The zero-order chi connectivity index (χ0) is 12.7. The average molecular weight is 240 g/mol. The highest BCUT2D eigenvalue weighted by molar-refractivity contribution is 5.09. The van der Waals surface area contributed by atoms with E-state index in [1.54, 1.807) is 0 Å². The molecule has 1 heterocycles. The molecule has 0 aliphatic rings. The number of aliphatic hydroxyl groups is 1. The Morgan fingerprint density at radius 2 is 2.24 bits per heavy atom. The van der Waals surface area contributed by atoms with E-state index in [-0.39, 0.29) is 6.10 Å². The normalized spacial score (nSPS) is 12.9. The van der Waals surface area contributed by atoms with Crippen molar-refractivity contribution in [1.29, 1.82) is 0 Å². The van der Waals surface area contributed by atoms with E-state index in [4.69, 9.17) is 4.74 Å². The molecule has 0 aliphatic heterocycles. The van der Waals surface area contributed by atoms with Crippen LogP contribution in [0.2, 0.25) is 0 Å². The lowest BCUT2D eigenvalue weighted by Crippen LogP contribution is -2.15. The summed E-state index contributed by atoms with van der Waals surface area (Å²) < 4.78 is 7.21. The number of aryl methyl sites for hydroxylation is 2. The molecule has 0 fully saturated rings. The third-order valence-electron chi connectivity index (χ3n) is 2.76. The van der Waals surface area contributed by atoms with E-state index in [1.807, 2.05) is 18.5 Å². The Kier molecular flexibility index (Phi) is 6.22. The van der Waals surface area contributed by atoms with Crippen molar-refractivity contribution in [2.45, 2.75) is 52.7 Å². The fourth-order valence-electron chi connectivity index (χ4n) is 1.95. The van der Waals surface area contributed by atoms with Crippen LogP contribution in [0, 0.1) is 6.92 Å². The standard InChI is InChI=1S/C13H24N2O2/c1-4-15-12(9-11(3)14-15)10-13(16)7-6-8-17-5-2/h9,13,16H,4-8,10H2,1-3H3. The average Bonchev–Trinajstić information content (AvgIpc) is 2.65. The monoisotopic (exact) mass is 240 g/mol. The summed E-state index contributed by atoms with van der Waals surface area (Å²) in [5.74, 6) is 0. The number of hydrogen-bond donors (Lipinski definition) is 1. The van der Waals surface area contributed by atoms with Crippen LogP contribution in [0.15, 0.2) is 6.07 Å². The highest BCUT2D eigenvalue weighted by Gasteiger charge is 2.10. The van der Waals surface area contributed by atoms with Crippen LogP contribution in [0.25, 0.3) is 0 Å². The number of rotatable bonds is 8. The lowest BCUT2D eigenvalue weighted by Gasteiger charge is -2.11. The van der Waals surface area contributed by atoms with Gasteiger partial charge >= 0.3 is 0 Å². The quantitative estimate of drug-likeness (QED) is 0.706. The molecule has 0 radical (unpaired) electrons. The topological polar surface area (TPSA) is 47.3 Å². The molecule has 98 valence electrons. The smallest absolute Gasteiger partial charge is 0.0596 e. The first-order valence-electron chi connectivity index (χ1n) is 6.46. The number of nitrogens with zero attached hydrogens (tertiary/aromatic N) is 2. The minimum absolute atomic E-state index is 0.295. The first-order valence-corrected chi connectivity index (χ1v) is 6.46. The molecule has 4 heteroatoms. The molecule has 1 unspecified atom stereocenters. The SMILES string of the molecule is CCOCCCC(O)Cc1cc(C)nn1CC. The van der Waals surface area contributed by atoms with E-state index in [0.29, 0.717) is 6.42 Å². The number of aliphatic hydroxyl groups excluding tert-OH is 1. The van der Waals surface area contributed by atoms with Gasteiger partial charge in [0.25, 0.3) is 0 Å². The lowest BCUT2D eigenvalue weighted by atomic mass is 10.1. The second kappa shape index (κ2) is 7.45. The van der Waals surface area contributed by atoms with Crippen LogP contribution in [-0.4, -0.2) is 34.2 Å². The minimum Gasteiger partial charge on any atom is -0.393 e. The van der Waals surface area contributed by atoms with Crippen LogP contribution in [0.4, 0.5) is 0 Å². The van der Waals surface area contributed by atoms with Crippen LogP contribution in [0.5, 0.6) is 0 Å². The summed E-state index contributed by atoms with van der Waals surface area (Å²) in [5.41, 5.74) is 2.14. The second-order valence-corrected chi connectivity index (χ2v) is 4.29. The molecule has 17 heavy (non-hydrogen) atoms. The maximum atomic E-state index is 9.93. The molecule has 0 amide bonds. The van der Waals surface area contributed by atoms with Crippen LogP contribution in [-0.2, 0) is 17.7 Å². The predicted octanol–water partition coefficient (Wildman–Crippen LogP) is 1.93. The van der Waals surface area contributed by atoms with Crippen LogP contribution in [0.3, 0.4) is 0 Å². The summed E-state index contributed by atoms with van der Waals surface area (Å²) in [6.07, 6.45) is 2.08. The number of aromatic nitrogens is 2. The maximum Gasteiger partial charge on any atom is 0.0596 e. The summed E-state index contributed by atoms with van der Waals surface area (Å²) in [6.45, 7) is 8.37. The Morgan fingerprint density at radius 3 is 2.88 bits per heavy atom. The van der Waals surface area contributed by atoms with Crippen LogP contribution in [0.1, 0.15) is 38.1 Å². The van der Waals surface area contributed by atoms with E-state index < -0.39 is 0 Å². The molecular weight excluding hydrogens is 216 g/mol. The van der Waals surface area contributed by atoms with Crippen molar-refractivity contribution in [3.63, 3.8) is 0 Å². The molecule has 1 rings (SSSR count). The van der Waals surface area contributed by atoms with Gasteiger partial charge in [-0.1, -0.05) is 0 Å². The fourth-order valence-corrected chi connectivity index (χ4v) is 1.95. The van der Waals surface area contributed by atoms with Crippen molar-refractivity contribution >= 4 is 0 Å². The van der Waals surface area contributed by atoms with Gasteiger partial charge in [-0.05, 0) is 39.7 Å². The van der Waals surface area contributed by atoms with Crippen molar-refractivity contribution < 1.29 is 9.84 Å². The van der Waals surface area contributed by atoms with Gasteiger partial charge in [0.1, 0.15) is 0 Å². The maximum absolute atomic E-state index is 9.93. The molecule has 1 N–H and O–H groups in total. The summed E-state index contributed by atoms with van der Waals surface area (Å²) in [7, 11) is 0. The van der Waals surface area contributed by atoms with Gasteiger partial charge in [0, 0.05) is 31.9 Å². The molecule has 0 saturated heterocycles. The summed E-state index contributed by atoms with van der Waals surface area (Å²) in [5, 5.41) is 14.3. The highest BCUT2D eigenvalue weighted by atomic mass is 16.5. The van der Waals surface area contributed by atoms with Crippen molar-refractivity contribution in [2.75, 3.05) is 13.2 Å². The van der Waals surface area contributed by atoms with Crippen molar-refractivity contribution in [3.8, 4) is 0 Å². The molecule has 0 saturated carbocycles. The van der Waals surface area contributed by atoms with Crippen molar-refractivity contribution in [1.82, 2.24) is 9.78 Å². The van der Waals surface area contributed by atoms with Crippen molar-refractivity contribution in [2.24, 2.45) is 0 Å². The van der Waals surface area contributed by atoms with E-state index >= 15 is 0 Å². The molecule has 1 aromatic rings. The third kappa shape index (κ3) is 4.88. The van der Waals surface area contributed by atoms with E-state index in [9.17, 15) is 5.11 Å². The van der Waals surface area contributed by atoms with E-state index in [0.717, 1.165) is 44.0 Å². The van der Waals surface area contributed by atoms with Gasteiger partial charge in [-0.3, -0.25) is 4.68 Å². The highest BCUT2D eigenvalue weighted by Crippen LogP contribution is 2.10. The summed E-state index contributed by atoms with van der Waals surface area (Å²) in [4.78, 5) is 0. The Hall–Kier alpha value is -0.870. The van der Waals surface area contributed by atoms with Gasteiger partial charge in [0.15, 0.2) is 0 Å². The Morgan fingerprint density at radius 1 is 1.47 bits per heavy atom. The fraction of sp³-hybridized carbons (Fsp3) is 0.769. The van der Waals surface area contributed by atoms with Crippen molar-refractivity contribution in [3.05, 3.63) is 17.5 Å². The van der Waals surface area contributed by atoms with E-state index in [2.05, 4.69) is 18.1 Å². The van der Waals surface area contributed by atoms with Gasteiger partial charge in [0.05, 0.1) is 11.8 Å². The lowest BCUT2D eigenvalue weighted by molar-refractivity contribution is 0.113. The molecule has 0 bridgehead atoms. The Bertz CT molecular complexity index is 323. The first kappa shape index (κ1) is 14.2. The van der Waals surface area contributed by atoms with Crippen LogP contribution >= 0.6 is 0 Å². The first-order chi connectivity index (χ1) is 8.17. The van der Waals surface area contributed by atoms with Gasteiger partial charge in [-0.15, -0.1) is 0 Å². The Labute approximate surface area is 104 Å². The zero-order valence-electron chi connectivity index (χ0n) is 11.1. The molecule has 1 atom stereocenters. The minimum atomic E-state index is -0.295. The molecule has 4 nitrogen and oxygen atoms in total. The Balaban J connectivity index is 2.36. The largest absolute Gasteiger partial charge is 0.393 e. The molecule has 1 aromatic heterocycles. The van der Waals surface area contributed by atoms with E-state index in [1.165, 1.54) is 0 Å².